The summed E-state index contributed by atoms with van der Waals surface area (Å²) < 4.78 is 48.9. The number of anilines is 4. The van der Waals surface area contributed by atoms with Crippen molar-refractivity contribution in [1.29, 1.82) is 0 Å². The van der Waals surface area contributed by atoms with Gasteiger partial charge in [-0.1, -0.05) is 0 Å². The zero-order valence-corrected chi connectivity index (χ0v) is 57.1. The van der Waals surface area contributed by atoms with E-state index in [2.05, 4.69) is 58.8 Å². The number of aryl methyl sites for hydroxylation is 2. The Morgan fingerprint density at radius 1 is 0.543 bits per heavy atom. The van der Waals surface area contributed by atoms with Crippen LogP contribution in [0.5, 0.6) is 0 Å². The molecule has 28 nitrogen and oxygen atoms in total. The number of imide groups is 2. The van der Waals surface area contributed by atoms with Gasteiger partial charge < -0.3 is 56.7 Å². The van der Waals surface area contributed by atoms with E-state index in [0.717, 1.165) is 66.1 Å². The van der Waals surface area contributed by atoms with Gasteiger partial charge in [-0.05, 0) is 174 Å². The van der Waals surface area contributed by atoms with E-state index >= 15 is 0 Å². The first kappa shape index (κ1) is 68.9. The molecule has 2 aliphatic carbocycles. The molecule has 5 aliphatic rings. The lowest BCUT2D eigenvalue weighted by atomic mass is 9.79. The largest absolute Gasteiger partial charge is 0.498 e. The Balaban J connectivity index is 0.000000173. The molecule has 4 amide bonds. The third-order valence-electron chi connectivity index (χ3n) is 15.2. The second kappa shape index (κ2) is 26.9. The quantitative estimate of drug-likeness (QED) is 0.0699. The van der Waals surface area contributed by atoms with E-state index in [1.54, 1.807) is 96.9 Å². The SMILES string of the molecule is Cc1nc(N(C(=O)OC(C)(C)C)C(=O)OC(C)(C)C)ncc1-c1nc(N2CCOCC2)c2ncn(CC3CC3)c2n1.Cc1nc(N(C(=O)OC(C)(C)C)C(=O)OC(C)(C)C)ncc1B1OC(C)(C)C(C)(C)O1.Clc1nc(N2CCOCC2)c2ncn(CC3CC3)c2n1. The van der Waals surface area contributed by atoms with Gasteiger partial charge in [0.25, 0.3) is 0 Å². The number of hydrogen-bond donors (Lipinski definition) is 0. The first-order chi connectivity index (χ1) is 42.9. The number of fused-ring (bicyclic) bond motifs is 2. The number of carbonyl (C=O) groups is 4. The molecule has 0 unspecified atom stereocenters. The predicted molar refractivity (Wildman–Crippen MR) is 345 cm³/mol. The number of morpholine rings is 2. The molecule has 0 N–H and O–H groups in total. The van der Waals surface area contributed by atoms with Gasteiger partial charge in [-0.25, -0.2) is 59.0 Å². The molecule has 30 heteroatoms. The van der Waals surface area contributed by atoms with Crippen LogP contribution >= 0.6 is 11.6 Å². The molecule has 0 bridgehead atoms. The second-order valence-electron chi connectivity index (χ2n) is 28.5. The van der Waals surface area contributed by atoms with Crippen LogP contribution in [0.25, 0.3) is 33.7 Å². The summed E-state index contributed by atoms with van der Waals surface area (Å²) in [5.41, 5.74) is 0.929. The van der Waals surface area contributed by atoms with Gasteiger partial charge in [0.1, 0.15) is 22.4 Å². The van der Waals surface area contributed by atoms with Crippen LogP contribution < -0.4 is 25.1 Å². The van der Waals surface area contributed by atoms with Gasteiger partial charge in [-0.2, -0.15) is 9.97 Å². The number of amides is 4. The Bertz CT molecular complexity index is 3600. The highest BCUT2D eigenvalue weighted by atomic mass is 35.5. The topological polar surface area (TPSA) is 294 Å². The predicted octanol–water partition coefficient (Wildman–Crippen LogP) is 10.0. The van der Waals surface area contributed by atoms with E-state index in [1.807, 2.05) is 40.3 Å². The smallest absolute Gasteiger partial charge is 0.443 e. The van der Waals surface area contributed by atoms with Crippen molar-refractivity contribution in [2.24, 2.45) is 11.8 Å². The third-order valence-corrected chi connectivity index (χ3v) is 15.4. The molecule has 5 fully saturated rings. The maximum Gasteiger partial charge on any atom is 0.498 e. The Labute approximate surface area is 542 Å². The van der Waals surface area contributed by atoms with E-state index in [9.17, 15) is 19.2 Å². The average Bonchev–Trinajstić information content (AvgIpc) is 1.54. The molecule has 3 aliphatic heterocycles. The molecule has 9 heterocycles. The van der Waals surface area contributed by atoms with Crippen LogP contribution in [0.2, 0.25) is 5.28 Å². The molecule has 498 valence electrons. The molecule has 3 saturated heterocycles. The van der Waals surface area contributed by atoms with Crippen LogP contribution in [-0.2, 0) is 50.8 Å². The summed E-state index contributed by atoms with van der Waals surface area (Å²) in [6.45, 7) is 39.2. The summed E-state index contributed by atoms with van der Waals surface area (Å²) in [6, 6.07) is 0. The van der Waals surface area contributed by atoms with Crippen LogP contribution in [0.3, 0.4) is 0 Å². The van der Waals surface area contributed by atoms with Crippen molar-refractivity contribution in [2.75, 3.05) is 72.2 Å². The van der Waals surface area contributed by atoms with Gasteiger partial charge in [0.2, 0.25) is 17.2 Å². The lowest BCUT2D eigenvalue weighted by Gasteiger charge is -2.32. The molecule has 0 aromatic carbocycles. The van der Waals surface area contributed by atoms with E-state index in [-0.39, 0.29) is 17.2 Å². The fourth-order valence-electron chi connectivity index (χ4n) is 9.63. The molecule has 6 aromatic rings. The van der Waals surface area contributed by atoms with Gasteiger partial charge in [-0.3, -0.25) is 0 Å². The van der Waals surface area contributed by atoms with Gasteiger partial charge in [0, 0.05) is 62.8 Å². The van der Waals surface area contributed by atoms with Crippen molar-refractivity contribution in [3.8, 4) is 11.4 Å². The Morgan fingerprint density at radius 2 is 0.924 bits per heavy atom. The molecular weight excluding hydrogens is 1210 g/mol. The number of aromatic nitrogens is 12. The van der Waals surface area contributed by atoms with Crippen molar-refractivity contribution in [3.63, 3.8) is 0 Å². The maximum absolute atomic E-state index is 13.1. The third kappa shape index (κ3) is 17.4. The van der Waals surface area contributed by atoms with Crippen molar-refractivity contribution in [1.82, 2.24) is 59.0 Å². The van der Waals surface area contributed by atoms with Gasteiger partial charge in [0.15, 0.2) is 39.8 Å². The first-order valence-corrected chi connectivity index (χ1v) is 31.6. The molecule has 0 atom stereocenters. The Morgan fingerprint density at radius 3 is 1.30 bits per heavy atom. The van der Waals surface area contributed by atoms with Crippen molar-refractivity contribution >= 4 is 94.4 Å². The maximum atomic E-state index is 13.1. The molecule has 0 spiro atoms. The number of carbonyl (C=O) groups excluding carboxylic acids is 4. The van der Waals surface area contributed by atoms with E-state index in [0.29, 0.717) is 83.5 Å². The highest BCUT2D eigenvalue weighted by Crippen LogP contribution is 2.38. The second-order valence-corrected chi connectivity index (χ2v) is 28.8. The number of nitrogens with zero attached hydrogens (tertiary/aromatic N) is 16. The monoisotopic (exact) mass is 1290 g/mol. The van der Waals surface area contributed by atoms with Crippen LogP contribution in [0.1, 0.15) is 148 Å². The Hall–Kier alpha value is -7.47. The summed E-state index contributed by atoms with van der Waals surface area (Å²) in [6.07, 6.45) is 7.98. The number of rotatable bonds is 10. The summed E-state index contributed by atoms with van der Waals surface area (Å²) in [5, 5.41) is 0.288. The van der Waals surface area contributed by atoms with Crippen molar-refractivity contribution in [2.45, 2.75) is 197 Å². The fourth-order valence-corrected chi connectivity index (χ4v) is 9.79. The summed E-state index contributed by atoms with van der Waals surface area (Å²) in [7, 11) is -0.671. The number of imidazole rings is 2. The first-order valence-electron chi connectivity index (χ1n) is 31.2. The minimum absolute atomic E-state index is 0.152. The normalized spacial score (nSPS) is 17.5. The number of hydrogen-bond acceptors (Lipinski definition) is 24. The highest BCUT2D eigenvalue weighted by molar-refractivity contribution is 6.62. The molecule has 92 heavy (non-hydrogen) atoms. The van der Waals surface area contributed by atoms with Gasteiger partial charge >= 0.3 is 31.5 Å². The average molecular weight is 1300 g/mol. The molecular formula is C62H88BClN16O12. The molecule has 11 rings (SSSR count). The Kier molecular flexibility index (Phi) is 20.1. The van der Waals surface area contributed by atoms with E-state index in [1.165, 1.54) is 38.1 Å². The summed E-state index contributed by atoms with van der Waals surface area (Å²) in [4.78, 5) is 103. The van der Waals surface area contributed by atoms with E-state index < -0.39 is 65.1 Å². The zero-order valence-electron chi connectivity index (χ0n) is 56.4. The minimum Gasteiger partial charge on any atom is -0.443 e. The van der Waals surface area contributed by atoms with Crippen LogP contribution in [-0.4, -0.2) is 177 Å². The van der Waals surface area contributed by atoms with E-state index in [4.69, 9.17) is 59.3 Å². The lowest BCUT2D eigenvalue weighted by Crippen LogP contribution is -2.45. The standard InChI is InChI=1S/C28H38N8O5.C21H34BN3O6.C13H16ClN5O/c1-17-19(14-29-24(31-17)36(25(37)40-27(2,3)4)26(38)41-28(5,6)7)21-32-22(34-10-12-39-13-11-34)20-23(33-21)35(16-30-20)15-18-8-9-18;1-13-14(22-30-20(8,9)21(10,11)31-22)12-23-15(24-13)25(16(26)28-18(2,3)4)17(27)29-19(5,6)7;14-13-16-11(18-3-5-20-6-4-18)10-12(17-13)19(8-15-10)7-9-1-2-9/h14,16,18H,8-13,15H2,1-7H3;12H,1-11H3;8-9H,1-7H2. The molecule has 0 radical (unpaired) electrons. The van der Waals surface area contributed by atoms with Crippen LogP contribution in [0.15, 0.2) is 25.0 Å². The van der Waals surface area contributed by atoms with Crippen LogP contribution in [0.4, 0.5) is 42.7 Å². The molecule has 2 saturated carbocycles. The summed E-state index contributed by atoms with van der Waals surface area (Å²) >= 11 is 6.10. The number of ether oxygens (including phenoxy) is 6. The minimum atomic E-state index is -0.935. The summed E-state index contributed by atoms with van der Waals surface area (Å²) in [5.74, 6) is 3.08. The van der Waals surface area contributed by atoms with Crippen molar-refractivity contribution in [3.05, 3.63) is 41.7 Å². The fraction of sp³-hybridized carbons (Fsp3) is 0.645. The zero-order chi connectivity index (χ0) is 67.0. The van der Waals surface area contributed by atoms with Gasteiger partial charge in [-0.15, -0.1) is 9.80 Å². The van der Waals surface area contributed by atoms with Crippen LogP contribution in [0, 0.1) is 25.7 Å². The van der Waals surface area contributed by atoms with Crippen molar-refractivity contribution < 1.29 is 56.9 Å². The number of halogens is 1. The molecule has 6 aromatic heterocycles. The lowest BCUT2D eigenvalue weighted by molar-refractivity contribution is 0.00578. The van der Waals surface area contributed by atoms with Gasteiger partial charge in [0.05, 0.1) is 61.5 Å². The highest BCUT2D eigenvalue weighted by Gasteiger charge is 2.53.